The Morgan fingerprint density at radius 3 is 2.94 bits per heavy atom. The van der Waals surface area contributed by atoms with E-state index in [-0.39, 0.29) is 12.2 Å². The lowest BCUT2D eigenvalue weighted by molar-refractivity contribution is -0.0921. The van der Waals surface area contributed by atoms with E-state index in [0.717, 1.165) is 32.5 Å². The summed E-state index contributed by atoms with van der Waals surface area (Å²) >= 11 is 0. The highest BCUT2D eigenvalue weighted by molar-refractivity contribution is 4.93. The minimum absolute atomic E-state index is 0.110. The van der Waals surface area contributed by atoms with Crippen LogP contribution in [0.2, 0.25) is 0 Å². The van der Waals surface area contributed by atoms with E-state index < -0.39 is 5.60 Å². The molecule has 3 unspecified atom stereocenters. The molecule has 2 saturated heterocycles. The smallest absolute Gasteiger partial charge is 0.0972 e. The summed E-state index contributed by atoms with van der Waals surface area (Å²) in [5.74, 6) is 0. The van der Waals surface area contributed by atoms with Crippen LogP contribution < -0.4 is 5.32 Å². The normalized spacial score (nSPS) is 37.2. The van der Waals surface area contributed by atoms with Gasteiger partial charge in [0.15, 0.2) is 0 Å². The monoisotopic (exact) mass is 245 g/mol. The molecule has 0 aromatic heterocycles. The molecule has 2 heterocycles. The molecule has 3 N–H and O–H groups in total. The quantitative estimate of drug-likeness (QED) is 0.632. The van der Waals surface area contributed by atoms with Gasteiger partial charge in [-0.05, 0) is 19.8 Å². The maximum Gasteiger partial charge on any atom is 0.0972 e. The minimum atomic E-state index is -1.04. The Hall–Kier alpha value is -0.200. The maximum absolute atomic E-state index is 9.74. The van der Waals surface area contributed by atoms with Crippen LogP contribution in [0, 0.1) is 0 Å². The number of aliphatic hydroxyl groups is 2. The maximum atomic E-state index is 9.74. The third-order valence-electron chi connectivity index (χ3n) is 3.67. The number of hydrogen-bond acceptors (Lipinski definition) is 5. The molecule has 0 radical (unpaired) electrons. The number of ether oxygens (including phenoxy) is 2. The minimum Gasteiger partial charge on any atom is -0.393 e. The molecule has 5 nitrogen and oxygen atoms in total. The van der Waals surface area contributed by atoms with Crippen LogP contribution in [-0.4, -0.2) is 60.4 Å². The Balaban J connectivity index is 1.81. The van der Waals surface area contributed by atoms with Gasteiger partial charge in [-0.3, -0.25) is 0 Å². The van der Waals surface area contributed by atoms with Crippen LogP contribution in [-0.2, 0) is 9.47 Å². The molecule has 1 spiro atoms. The molecule has 0 aromatic rings. The summed E-state index contributed by atoms with van der Waals surface area (Å²) in [4.78, 5) is 0. The molecule has 100 valence electrons. The highest BCUT2D eigenvalue weighted by Crippen LogP contribution is 2.32. The predicted octanol–water partition coefficient (Wildman–Crippen LogP) is -0.343. The Bertz CT molecular complexity index is 251. The molecule has 3 atom stereocenters. The van der Waals surface area contributed by atoms with Gasteiger partial charge in [0.05, 0.1) is 24.4 Å². The average molecular weight is 245 g/mol. The van der Waals surface area contributed by atoms with Crippen LogP contribution >= 0.6 is 0 Å². The first kappa shape index (κ1) is 13.2. The Labute approximate surface area is 102 Å². The Kier molecular flexibility index (Phi) is 4.05. The lowest BCUT2D eigenvalue weighted by Crippen LogP contribution is -2.51. The van der Waals surface area contributed by atoms with Crippen LogP contribution in [0.5, 0.6) is 0 Å². The van der Waals surface area contributed by atoms with Crippen molar-refractivity contribution >= 4 is 0 Å². The van der Waals surface area contributed by atoms with E-state index in [1.54, 1.807) is 6.92 Å². The highest BCUT2D eigenvalue weighted by Gasteiger charge is 2.41. The zero-order valence-corrected chi connectivity index (χ0v) is 10.4. The van der Waals surface area contributed by atoms with Gasteiger partial charge in [0.25, 0.3) is 0 Å². The number of hydrogen-bond donors (Lipinski definition) is 3. The fourth-order valence-corrected chi connectivity index (χ4v) is 2.49. The number of rotatable bonds is 4. The second-order valence-electron chi connectivity index (χ2n) is 5.56. The average Bonchev–Trinajstić information content (AvgIpc) is 2.75. The zero-order valence-electron chi connectivity index (χ0n) is 10.4. The van der Waals surface area contributed by atoms with Crippen LogP contribution in [0.4, 0.5) is 0 Å². The third-order valence-corrected chi connectivity index (χ3v) is 3.67. The zero-order chi connectivity index (χ0) is 12.4. The third kappa shape index (κ3) is 3.39. The van der Waals surface area contributed by atoms with Gasteiger partial charge in [-0.1, -0.05) is 0 Å². The molecule has 2 aliphatic rings. The molecule has 2 aliphatic heterocycles. The van der Waals surface area contributed by atoms with Crippen molar-refractivity contribution < 1.29 is 19.7 Å². The summed E-state index contributed by atoms with van der Waals surface area (Å²) in [5.41, 5.74) is -1.15. The summed E-state index contributed by atoms with van der Waals surface area (Å²) in [6.45, 7) is 4.02. The van der Waals surface area contributed by atoms with E-state index in [1.165, 1.54) is 0 Å². The molecular weight excluding hydrogens is 222 g/mol. The van der Waals surface area contributed by atoms with E-state index >= 15 is 0 Å². The second kappa shape index (κ2) is 5.20. The van der Waals surface area contributed by atoms with Crippen molar-refractivity contribution in [1.82, 2.24) is 5.32 Å². The first-order valence-corrected chi connectivity index (χ1v) is 6.34. The standard InChI is InChI=1S/C12H23NO4/c1-11(15,8-14)7-13-10-2-4-17-12(6-10)3-5-16-9-12/h10,13-15H,2-9H2,1H3. The number of aliphatic hydroxyl groups excluding tert-OH is 1. The molecule has 17 heavy (non-hydrogen) atoms. The number of nitrogens with one attached hydrogen (secondary N) is 1. The van der Waals surface area contributed by atoms with Gasteiger partial charge in [0.1, 0.15) is 0 Å². The molecule has 2 rings (SSSR count). The van der Waals surface area contributed by atoms with Gasteiger partial charge in [-0.15, -0.1) is 0 Å². The fourth-order valence-electron chi connectivity index (χ4n) is 2.49. The van der Waals surface area contributed by atoms with E-state index in [4.69, 9.17) is 14.6 Å². The molecule has 0 aromatic carbocycles. The lowest BCUT2D eigenvalue weighted by atomic mass is 9.89. The summed E-state index contributed by atoms with van der Waals surface area (Å²) < 4.78 is 11.2. The van der Waals surface area contributed by atoms with Gasteiger partial charge in [0, 0.05) is 32.2 Å². The van der Waals surface area contributed by atoms with Crippen molar-refractivity contribution in [2.75, 3.05) is 33.0 Å². The van der Waals surface area contributed by atoms with Crippen molar-refractivity contribution in [3.05, 3.63) is 0 Å². The van der Waals surface area contributed by atoms with Crippen molar-refractivity contribution in [3.8, 4) is 0 Å². The molecule has 2 fully saturated rings. The van der Waals surface area contributed by atoms with Crippen molar-refractivity contribution in [1.29, 1.82) is 0 Å². The van der Waals surface area contributed by atoms with Gasteiger partial charge in [-0.2, -0.15) is 0 Å². The lowest BCUT2D eigenvalue weighted by Gasteiger charge is -2.38. The van der Waals surface area contributed by atoms with Crippen LogP contribution in [0.25, 0.3) is 0 Å². The van der Waals surface area contributed by atoms with Crippen molar-refractivity contribution in [2.24, 2.45) is 0 Å². The molecule has 5 heteroatoms. The molecule has 0 saturated carbocycles. The summed E-state index contributed by atoms with van der Waals surface area (Å²) in [7, 11) is 0. The van der Waals surface area contributed by atoms with E-state index in [2.05, 4.69) is 5.32 Å². The van der Waals surface area contributed by atoms with Crippen LogP contribution in [0.1, 0.15) is 26.2 Å². The highest BCUT2D eigenvalue weighted by atomic mass is 16.6. The Morgan fingerprint density at radius 1 is 1.47 bits per heavy atom. The summed E-state index contributed by atoms with van der Waals surface area (Å²) in [6, 6.07) is 0.337. The van der Waals surface area contributed by atoms with Crippen LogP contribution in [0.3, 0.4) is 0 Å². The van der Waals surface area contributed by atoms with Crippen LogP contribution in [0.15, 0.2) is 0 Å². The summed E-state index contributed by atoms with van der Waals surface area (Å²) in [5, 5.41) is 22.1. The molecule has 0 bridgehead atoms. The first-order valence-electron chi connectivity index (χ1n) is 6.34. The molecule has 0 aliphatic carbocycles. The van der Waals surface area contributed by atoms with Gasteiger partial charge >= 0.3 is 0 Å². The molecular formula is C12H23NO4. The second-order valence-corrected chi connectivity index (χ2v) is 5.56. The van der Waals surface area contributed by atoms with Crippen molar-refractivity contribution in [2.45, 2.75) is 43.4 Å². The van der Waals surface area contributed by atoms with Gasteiger partial charge < -0.3 is 25.0 Å². The molecule has 0 amide bonds. The van der Waals surface area contributed by atoms with E-state index in [9.17, 15) is 5.11 Å². The van der Waals surface area contributed by atoms with Crippen molar-refractivity contribution in [3.63, 3.8) is 0 Å². The van der Waals surface area contributed by atoms with Gasteiger partial charge in [-0.25, -0.2) is 0 Å². The topological polar surface area (TPSA) is 71.0 Å². The SMILES string of the molecule is CC(O)(CO)CNC1CCOC2(CCOC2)C1. The summed E-state index contributed by atoms with van der Waals surface area (Å²) in [6.07, 6.45) is 2.83. The fraction of sp³-hybridized carbons (Fsp3) is 1.00. The predicted molar refractivity (Wildman–Crippen MR) is 62.9 cm³/mol. The van der Waals surface area contributed by atoms with Gasteiger partial charge in [0.2, 0.25) is 0 Å². The Morgan fingerprint density at radius 2 is 2.29 bits per heavy atom. The largest absolute Gasteiger partial charge is 0.393 e. The van der Waals surface area contributed by atoms with E-state index in [0.29, 0.717) is 19.2 Å². The first-order chi connectivity index (χ1) is 8.05. The van der Waals surface area contributed by atoms with E-state index in [1.807, 2.05) is 0 Å².